The molecule has 5 nitrogen and oxygen atoms in total. The molecule has 0 spiro atoms. The zero-order chi connectivity index (χ0) is 14.0. The van der Waals surface area contributed by atoms with E-state index >= 15 is 0 Å². The van der Waals surface area contributed by atoms with Crippen molar-refractivity contribution in [1.29, 1.82) is 0 Å². The van der Waals surface area contributed by atoms with Crippen molar-refractivity contribution in [1.82, 2.24) is 14.3 Å². The predicted molar refractivity (Wildman–Crippen MR) is 68.7 cm³/mol. The van der Waals surface area contributed by atoms with Crippen LogP contribution in [0.15, 0.2) is 35.5 Å². The smallest absolute Gasteiger partial charge is 0.243 e. The lowest BCUT2D eigenvalue weighted by molar-refractivity contribution is 0.458. The number of nitrogens with zero attached hydrogens (tertiary/aromatic N) is 2. The highest BCUT2D eigenvalue weighted by Crippen LogP contribution is 2.22. The zero-order valence-electron chi connectivity index (χ0n) is 9.97. The van der Waals surface area contributed by atoms with E-state index in [1.165, 1.54) is 19.3 Å². The Morgan fingerprint density at radius 3 is 2.79 bits per heavy atom. The van der Waals surface area contributed by atoms with Gasteiger partial charge in [-0.3, -0.25) is 0 Å². The van der Waals surface area contributed by atoms with Gasteiger partial charge in [0.1, 0.15) is 11.6 Å². The van der Waals surface area contributed by atoms with Gasteiger partial charge < -0.3 is 4.98 Å². The lowest BCUT2D eigenvalue weighted by atomic mass is 10.3. The van der Waals surface area contributed by atoms with Crippen LogP contribution >= 0.6 is 11.6 Å². The molecule has 19 heavy (non-hydrogen) atoms. The van der Waals surface area contributed by atoms with E-state index < -0.39 is 15.8 Å². The fourth-order valence-electron chi connectivity index (χ4n) is 1.50. The lowest BCUT2D eigenvalue weighted by Crippen LogP contribution is -2.27. The van der Waals surface area contributed by atoms with Crippen LogP contribution in [-0.2, 0) is 16.6 Å². The summed E-state index contributed by atoms with van der Waals surface area (Å²) in [7, 11) is -2.32. The van der Waals surface area contributed by atoms with Crippen molar-refractivity contribution in [3.63, 3.8) is 0 Å². The Labute approximate surface area is 115 Å². The fourth-order valence-corrected chi connectivity index (χ4v) is 2.90. The van der Waals surface area contributed by atoms with Gasteiger partial charge in [-0.05, 0) is 18.2 Å². The van der Waals surface area contributed by atoms with E-state index in [4.69, 9.17) is 11.6 Å². The van der Waals surface area contributed by atoms with Crippen molar-refractivity contribution in [3.05, 3.63) is 47.3 Å². The molecule has 0 saturated heterocycles. The SMILES string of the molecule is CN(Cc1ncc[nH]1)S(=O)(=O)c1ccc(F)c(Cl)c1. The van der Waals surface area contributed by atoms with Crippen LogP contribution in [0, 0.1) is 5.82 Å². The van der Waals surface area contributed by atoms with Gasteiger partial charge in [0.2, 0.25) is 10.0 Å². The molecule has 0 amide bonds. The minimum absolute atomic E-state index is 0.0621. The Kier molecular flexibility index (Phi) is 3.88. The predicted octanol–water partition coefficient (Wildman–Crippen LogP) is 2.02. The number of aromatic amines is 1. The first-order valence-electron chi connectivity index (χ1n) is 5.31. The maximum atomic E-state index is 13.0. The molecule has 102 valence electrons. The number of rotatable bonds is 4. The maximum Gasteiger partial charge on any atom is 0.243 e. The Morgan fingerprint density at radius 2 is 2.21 bits per heavy atom. The number of imidazole rings is 1. The minimum Gasteiger partial charge on any atom is -0.347 e. The normalized spacial score (nSPS) is 12.0. The van der Waals surface area contributed by atoms with Gasteiger partial charge in [-0.15, -0.1) is 0 Å². The number of halogens is 2. The van der Waals surface area contributed by atoms with Crippen molar-refractivity contribution in [2.45, 2.75) is 11.4 Å². The highest BCUT2D eigenvalue weighted by atomic mass is 35.5. The van der Waals surface area contributed by atoms with E-state index in [0.29, 0.717) is 5.82 Å². The number of aromatic nitrogens is 2. The average Bonchev–Trinajstić information content (AvgIpc) is 2.85. The minimum atomic E-state index is -3.73. The second kappa shape index (κ2) is 5.28. The monoisotopic (exact) mass is 303 g/mol. The number of benzene rings is 1. The Balaban J connectivity index is 2.28. The second-order valence-corrected chi connectivity index (χ2v) is 6.32. The molecule has 0 atom stereocenters. The molecule has 1 aromatic heterocycles. The summed E-state index contributed by atoms with van der Waals surface area (Å²) >= 11 is 5.59. The molecule has 0 aliphatic rings. The van der Waals surface area contributed by atoms with Gasteiger partial charge in [-0.25, -0.2) is 17.8 Å². The van der Waals surface area contributed by atoms with E-state index in [9.17, 15) is 12.8 Å². The fraction of sp³-hybridized carbons (Fsp3) is 0.182. The van der Waals surface area contributed by atoms with Crippen LogP contribution in [0.4, 0.5) is 4.39 Å². The molecule has 0 unspecified atom stereocenters. The molecular weight excluding hydrogens is 293 g/mol. The van der Waals surface area contributed by atoms with E-state index in [1.54, 1.807) is 6.20 Å². The van der Waals surface area contributed by atoms with Crippen molar-refractivity contribution in [2.24, 2.45) is 0 Å². The third-order valence-electron chi connectivity index (χ3n) is 2.53. The van der Waals surface area contributed by atoms with Gasteiger partial charge in [-0.1, -0.05) is 11.6 Å². The molecule has 1 N–H and O–H groups in total. The first-order chi connectivity index (χ1) is 8.91. The highest BCUT2D eigenvalue weighted by molar-refractivity contribution is 7.89. The highest BCUT2D eigenvalue weighted by Gasteiger charge is 2.22. The lowest BCUT2D eigenvalue weighted by Gasteiger charge is -2.16. The van der Waals surface area contributed by atoms with Crippen molar-refractivity contribution in [2.75, 3.05) is 7.05 Å². The van der Waals surface area contributed by atoms with Gasteiger partial charge in [0.25, 0.3) is 0 Å². The van der Waals surface area contributed by atoms with Crippen LogP contribution in [0.25, 0.3) is 0 Å². The van der Waals surface area contributed by atoms with Crippen LogP contribution in [0.1, 0.15) is 5.82 Å². The number of sulfonamides is 1. The number of H-pyrrole nitrogens is 1. The third kappa shape index (κ3) is 2.94. The molecule has 8 heteroatoms. The molecule has 0 aliphatic heterocycles. The number of hydrogen-bond acceptors (Lipinski definition) is 3. The third-order valence-corrected chi connectivity index (χ3v) is 4.62. The summed E-state index contributed by atoms with van der Waals surface area (Å²) in [6, 6.07) is 3.29. The van der Waals surface area contributed by atoms with Crippen LogP contribution in [0.5, 0.6) is 0 Å². The van der Waals surface area contributed by atoms with Gasteiger partial charge in [-0.2, -0.15) is 4.31 Å². The molecular formula is C11H11ClFN3O2S. The van der Waals surface area contributed by atoms with Crippen LogP contribution in [-0.4, -0.2) is 29.7 Å². The van der Waals surface area contributed by atoms with E-state index in [0.717, 1.165) is 16.4 Å². The topological polar surface area (TPSA) is 66.1 Å². The first-order valence-corrected chi connectivity index (χ1v) is 7.12. The van der Waals surface area contributed by atoms with Crippen LogP contribution < -0.4 is 0 Å². The molecule has 0 aliphatic carbocycles. The van der Waals surface area contributed by atoms with Crippen LogP contribution in [0.2, 0.25) is 5.02 Å². The van der Waals surface area contributed by atoms with Gasteiger partial charge >= 0.3 is 0 Å². The summed E-state index contributed by atoms with van der Waals surface area (Å²) in [5, 5.41) is -0.229. The summed E-state index contributed by atoms with van der Waals surface area (Å²) in [5.41, 5.74) is 0. The zero-order valence-corrected chi connectivity index (χ0v) is 11.5. The molecule has 2 aromatic rings. The van der Waals surface area contributed by atoms with Gasteiger partial charge in [0.15, 0.2) is 0 Å². The van der Waals surface area contributed by atoms with E-state index in [1.807, 2.05) is 0 Å². The number of nitrogens with one attached hydrogen (secondary N) is 1. The quantitative estimate of drug-likeness (QED) is 0.939. The van der Waals surface area contributed by atoms with Crippen LogP contribution in [0.3, 0.4) is 0 Å². The summed E-state index contributed by atoms with van der Waals surface area (Å²) in [6.07, 6.45) is 3.13. The summed E-state index contributed by atoms with van der Waals surface area (Å²) in [4.78, 5) is 6.69. The summed E-state index contributed by atoms with van der Waals surface area (Å²) < 4.78 is 38.6. The van der Waals surface area contributed by atoms with Gasteiger partial charge in [0.05, 0.1) is 16.5 Å². The largest absolute Gasteiger partial charge is 0.347 e. The molecule has 0 radical (unpaired) electrons. The number of hydrogen-bond donors (Lipinski definition) is 1. The Morgan fingerprint density at radius 1 is 1.47 bits per heavy atom. The molecule has 1 aromatic carbocycles. The molecule has 0 fully saturated rings. The molecule has 0 bridgehead atoms. The van der Waals surface area contributed by atoms with Crippen molar-refractivity contribution < 1.29 is 12.8 Å². The van der Waals surface area contributed by atoms with Gasteiger partial charge in [0, 0.05) is 19.4 Å². The standard InChI is InChI=1S/C11H11ClFN3O2S/c1-16(7-11-14-4-5-15-11)19(17,18)8-2-3-10(13)9(12)6-8/h2-6H,7H2,1H3,(H,14,15). The molecule has 2 rings (SSSR count). The first kappa shape index (κ1) is 14.0. The maximum absolute atomic E-state index is 13.0. The Bertz CT molecular complexity index is 673. The molecule has 1 heterocycles. The summed E-state index contributed by atoms with van der Waals surface area (Å²) in [6.45, 7) is 0.0876. The Hall–Kier alpha value is -1.44. The second-order valence-electron chi connectivity index (χ2n) is 3.87. The van der Waals surface area contributed by atoms with E-state index in [-0.39, 0.29) is 16.5 Å². The van der Waals surface area contributed by atoms with Crippen molar-refractivity contribution >= 4 is 21.6 Å². The molecule has 0 saturated carbocycles. The average molecular weight is 304 g/mol. The van der Waals surface area contributed by atoms with Crippen molar-refractivity contribution in [3.8, 4) is 0 Å². The summed E-state index contributed by atoms with van der Waals surface area (Å²) in [5.74, 6) is -0.145. The van der Waals surface area contributed by atoms with E-state index in [2.05, 4.69) is 9.97 Å².